The first kappa shape index (κ1) is 40.0. The Bertz CT molecular complexity index is 1660. The molecule has 0 aliphatic carbocycles. The molecule has 15 nitrogen and oxygen atoms in total. The Morgan fingerprint density at radius 2 is 1.67 bits per heavy atom. The lowest BCUT2D eigenvalue weighted by molar-refractivity contribution is -0.129. The van der Waals surface area contributed by atoms with Crippen LogP contribution in [-0.2, 0) is 30.5 Å². The highest BCUT2D eigenvalue weighted by Crippen LogP contribution is 2.21. The van der Waals surface area contributed by atoms with Crippen molar-refractivity contribution in [2.75, 3.05) is 25.0 Å². The largest absolute Gasteiger partial charge is 0.444 e. The number of hydrogen-bond donors (Lipinski definition) is 7. The van der Waals surface area contributed by atoms with Crippen molar-refractivity contribution in [2.45, 2.75) is 64.8 Å². The highest BCUT2D eigenvalue weighted by Gasteiger charge is 2.26. The molecule has 4 amide bonds. The third kappa shape index (κ3) is 14.2. The Labute approximate surface area is 290 Å². The van der Waals surface area contributed by atoms with Crippen LogP contribution in [0.25, 0.3) is 11.0 Å². The van der Waals surface area contributed by atoms with E-state index >= 15 is 0 Å². The number of hydrogen-bond acceptors (Lipinski definition) is 9. The maximum absolute atomic E-state index is 13.3. The van der Waals surface area contributed by atoms with E-state index < -0.39 is 53.7 Å². The molecule has 0 bridgehead atoms. The fourth-order valence-electron chi connectivity index (χ4n) is 4.47. The molecule has 3 aromatic rings. The Morgan fingerprint density at radius 3 is 2.35 bits per heavy atom. The molecule has 3 rings (SSSR count). The number of carbonyl (C=O) groups excluding carboxylic acids is 4. The van der Waals surface area contributed by atoms with Gasteiger partial charge in [-0.1, -0.05) is 30.3 Å². The Morgan fingerprint density at radius 1 is 0.959 bits per heavy atom. The first-order valence-electron chi connectivity index (χ1n) is 15.3. The zero-order chi connectivity index (χ0) is 35.3. The predicted molar refractivity (Wildman–Crippen MR) is 186 cm³/mol. The van der Waals surface area contributed by atoms with Crippen LogP contribution < -0.4 is 37.9 Å². The number of guanidine groups is 1. The number of halogens is 1. The van der Waals surface area contributed by atoms with E-state index in [2.05, 4.69) is 26.6 Å². The average Bonchev–Trinajstić information content (AvgIpc) is 3.00. The van der Waals surface area contributed by atoms with Crippen molar-refractivity contribution >= 4 is 58.8 Å². The van der Waals surface area contributed by atoms with Crippen LogP contribution in [0.1, 0.15) is 44.7 Å². The zero-order valence-electron chi connectivity index (χ0n) is 27.8. The molecule has 8 N–H and O–H groups in total. The fraction of sp³-hybridized carbons (Fsp3) is 0.394. The molecule has 1 aromatic heterocycles. The van der Waals surface area contributed by atoms with Crippen LogP contribution in [0.3, 0.4) is 0 Å². The number of ether oxygens (including phenoxy) is 2. The topological polar surface area (TPSA) is 227 Å². The van der Waals surface area contributed by atoms with Gasteiger partial charge in [0, 0.05) is 29.8 Å². The van der Waals surface area contributed by atoms with Gasteiger partial charge in [-0.3, -0.25) is 19.8 Å². The maximum Gasteiger partial charge on any atom is 0.408 e. The molecular formula is C33H44ClN7O8. The first-order chi connectivity index (χ1) is 22.7. The number of aryl methyl sites for hydroxylation is 1. The van der Waals surface area contributed by atoms with Gasteiger partial charge in [-0.15, -0.1) is 12.4 Å². The number of amides is 4. The fourth-order valence-corrected chi connectivity index (χ4v) is 4.47. The number of rotatable bonds is 15. The third-order valence-electron chi connectivity index (χ3n) is 6.68. The number of fused-ring (bicyclic) bond motifs is 1. The van der Waals surface area contributed by atoms with E-state index in [1.54, 1.807) is 39.8 Å². The van der Waals surface area contributed by atoms with Crippen LogP contribution in [0.15, 0.2) is 63.8 Å². The molecule has 0 radical (unpaired) electrons. The summed E-state index contributed by atoms with van der Waals surface area (Å²) in [5, 5.41) is 21.0. The summed E-state index contributed by atoms with van der Waals surface area (Å²) < 4.78 is 16.2. The molecule has 2 atom stereocenters. The van der Waals surface area contributed by atoms with Gasteiger partial charge >= 0.3 is 11.7 Å². The molecule has 0 aliphatic heterocycles. The number of alkyl carbamates (subject to hydrolysis) is 1. The first-order valence-corrected chi connectivity index (χ1v) is 15.3. The van der Waals surface area contributed by atoms with Crippen molar-refractivity contribution < 1.29 is 33.1 Å². The van der Waals surface area contributed by atoms with Gasteiger partial charge in [0.25, 0.3) is 0 Å². The quantitative estimate of drug-likeness (QED) is 0.0530. The summed E-state index contributed by atoms with van der Waals surface area (Å²) in [6, 6.07) is 13.2. The van der Waals surface area contributed by atoms with Gasteiger partial charge in [-0.05, 0) is 63.8 Å². The molecule has 1 heterocycles. The second-order valence-electron chi connectivity index (χ2n) is 12.0. The van der Waals surface area contributed by atoms with Crippen molar-refractivity contribution in [1.29, 1.82) is 5.41 Å². The van der Waals surface area contributed by atoms with Gasteiger partial charge < -0.3 is 46.2 Å². The van der Waals surface area contributed by atoms with Crippen LogP contribution in [0, 0.1) is 12.3 Å². The van der Waals surface area contributed by atoms with Crippen molar-refractivity contribution in [1.82, 2.24) is 21.3 Å². The van der Waals surface area contributed by atoms with E-state index in [0.29, 0.717) is 17.5 Å². The van der Waals surface area contributed by atoms with Crippen molar-refractivity contribution in [2.24, 2.45) is 5.73 Å². The van der Waals surface area contributed by atoms with Crippen LogP contribution in [0.2, 0.25) is 0 Å². The number of carbonyl (C=O) groups is 4. The predicted octanol–water partition coefficient (Wildman–Crippen LogP) is 2.44. The molecule has 16 heteroatoms. The zero-order valence-corrected chi connectivity index (χ0v) is 28.7. The molecule has 0 fully saturated rings. The Balaban J connectivity index is 0.00000833. The molecule has 2 aromatic carbocycles. The number of benzene rings is 2. The van der Waals surface area contributed by atoms with Crippen molar-refractivity contribution in [3.05, 3.63) is 76.1 Å². The van der Waals surface area contributed by atoms with Gasteiger partial charge in [-0.25, -0.2) is 9.59 Å². The lowest BCUT2D eigenvalue weighted by atomic mass is 10.1. The van der Waals surface area contributed by atoms with E-state index in [1.807, 2.05) is 30.3 Å². The maximum atomic E-state index is 13.3. The van der Waals surface area contributed by atoms with Gasteiger partial charge in [-0.2, -0.15) is 0 Å². The van der Waals surface area contributed by atoms with E-state index in [-0.39, 0.29) is 50.1 Å². The number of anilines is 1. The number of nitrogens with two attached hydrogens (primary N) is 1. The normalized spacial score (nSPS) is 12.1. The van der Waals surface area contributed by atoms with Crippen molar-refractivity contribution in [3.63, 3.8) is 0 Å². The standard InChI is InChI=1S/C33H43N7O8.ClH/c1-20-15-28(42)47-26-16-22(12-13-23(20)26)38-30(44)24(11-8-14-36-31(34)35)39-27(41)17-37-29(43)25(40-32(45)48-33(2,3)4)19-46-18-21-9-6-5-7-10-21;/h5-7,9-10,12-13,15-16,24-25H,8,11,14,17-19H2,1-4H3,(H,37,43)(H,38,44)(H,39,41)(H,40,45)(H4,34,35,36);1H/t24-,25-;/m0./s1. The van der Waals surface area contributed by atoms with E-state index in [4.69, 9.17) is 25.0 Å². The minimum atomic E-state index is -1.19. The molecule has 0 unspecified atom stereocenters. The molecule has 0 saturated heterocycles. The summed E-state index contributed by atoms with van der Waals surface area (Å²) in [6.45, 7) is 6.54. The van der Waals surface area contributed by atoms with Gasteiger partial charge in [0.15, 0.2) is 5.96 Å². The second-order valence-corrected chi connectivity index (χ2v) is 12.0. The molecule has 49 heavy (non-hydrogen) atoms. The van der Waals surface area contributed by atoms with Crippen LogP contribution in [0.5, 0.6) is 0 Å². The van der Waals surface area contributed by atoms with E-state index in [9.17, 15) is 24.0 Å². The second kappa shape index (κ2) is 19.0. The highest BCUT2D eigenvalue weighted by molar-refractivity contribution is 5.99. The van der Waals surface area contributed by atoms with Crippen LogP contribution in [-0.4, -0.2) is 67.2 Å². The molecular weight excluding hydrogens is 658 g/mol. The Hall–Kier alpha value is -5.15. The summed E-state index contributed by atoms with van der Waals surface area (Å²) in [7, 11) is 0. The van der Waals surface area contributed by atoms with Gasteiger partial charge in [0.2, 0.25) is 17.7 Å². The molecule has 0 spiro atoms. The van der Waals surface area contributed by atoms with Crippen LogP contribution in [0.4, 0.5) is 10.5 Å². The monoisotopic (exact) mass is 701 g/mol. The lowest BCUT2D eigenvalue weighted by Crippen LogP contribution is -2.53. The number of nitrogens with one attached hydrogen (secondary N) is 6. The van der Waals surface area contributed by atoms with Crippen molar-refractivity contribution in [3.8, 4) is 0 Å². The molecule has 0 saturated carbocycles. The van der Waals surface area contributed by atoms with Gasteiger partial charge in [0.1, 0.15) is 23.3 Å². The smallest absolute Gasteiger partial charge is 0.408 e. The minimum absolute atomic E-state index is 0. The summed E-state index contributed by atoms with van der Waals surface area (Å²) in [6.07, 6.45) is -0.324. The molecule has 266 valence electrons. The molecule has 0 aliphatic rings. The SMILES string of the molecule is Cc1cc(=O)oc2cc(NC(=O)[C@H](CCCNC(=N)N)NC(=O)CNC(=O)[C@H](COCc3ccccc3)NC(=O)OC(C)(C)C)ccc12.Cl. The summed E-state index contributed by atoms with van der Waals surface area (Å²) in [5.41, 5.74) is 6.20. The summed E-state index contributed by atoms with van der Waals surface area (Å²) >= 11 is 0. The Kier molecular flexibility index (Phi) is 15.5. The van der Waals surface area contributed by atoms with E-state index in [1.165, 1.54) is 12.1 Å². The third-order valence-corrected chi connectivity index (χ3v) is 6.68. The summed E-state index contributed by atoms with van der Waals surface area (Å²) in [4.78, 5) is 63.6. The van der Waals surface area contributed by atoms with E-state index in [0.717, 1.165) is 11.1 Å². The lowest BCUT2D eigenvalue weighted by Gasteiger charge is -2.23. The minimum Gasteiger partial charge on any atom is -0.444 e. The summed E-state index contributed by atoms with van der Waals surface area (Å²) in [5.74, 6) is -2.18. The van der Waals surface area contributed by atoms with Crippen LogP contribution >= 0.6 is 12.4 Å². The average molecular weight is 702 g/mol. The highest BCUT2D eigenvalue weighted by atomic mass is 35.5. The van der Waals surface area contributed by atoms with Gasteiger partial charge in [0.05, 0.1) is 19.8 Å².